The standard InChI is InChI=1S/C9H5ClN4O/c1-4-12-8-5(9(15)13-4)2-7(10)14-6(8)3-11/h2H,1H3,(H,12,13,15). The van der Waals surface area contributed by atoms with Crippen LogP contribution in [-0.4, -0.2) is 15.0 Å². The van der Waals surface area contributed by atoms with E-state index in [0.29, 0.717) is 5.82 Å². The Morgan fingerprint density at radius 2 is 2.27 bits per heavy atom. The summed E-state index contributed by atoms with van der Waals surface area (Å²) in [5.41, 5.74) is 0.0214. The largest absolute Gasteiger partial charge is 0.310 e. The number of aromatic amines is 1. The second-order valence-corrected chi connectivity index (χ2v) is 3.34. The summed E-state index contributed by atoms with van der Waals surface area (Å²) in [5, 5.41) is 9.20. The third-order valence-electron chi connectivity index (χ3n) is 1.89. The van der Waals surface area contributed by atoms with Gasteiger partial charge in [-0.2, -0.15) is 5.26 Å². The number of rotatable bonds is 0. The fourth-order valence-electron chi connectivity index (χ4n) is 1.30. The summed E-state index contributed by atoms with van der Waals surface area (Å²) in [7, 11) is 0. The van der Waals surface area contributed by atoms with E-state index in [4.69, 9.17) is 16.9 Å². The molecule has 6 heteroatoms. The van der Waals surface area contributed by atoms with Gasteiger partial charge in [-0.3, -0.25) is 4.79 Å². The molecule has 0 aromatic carbocycles. The monoisotopic (exact) mass is 220 g/mol. The lowest BCUT2D eigenvalue weighted by Crippen LogP contribution is -2.11. The first kappa shape index (κ1) is 9.62. The molecule has 1 N–H and O–H groups in total. The zero-order valence-corrected chi connectivity index (χ0v) is 8.46. The lowest BCUT2D eigenvalue weighted by molar-refractivity contribution is 1.05. The molecule has 0 saturated heterocycles. The molecule has 2 aromatic rings. The molecule has 0 atom stereocenters. The highest BCUT2D eigenvalue weighted by atomic mass is 35.5. The van der Waals surface area contributed by atoms with Crippen molar-refractivity contribution in [3.63, 3.8) is 0 Å². The molecule has 2 heterocycles. The average molecular weight is 221 g/mol. The smallest absolute Gasteiger partial charge is 0.258 e. The molecule has 0 bridgehead atoms. The summed E-state index contributed by atoms with van der Waals surface area (Å²) in [5.74, 6) is 0.438. The second kappa shape index (κ2) is 3.33. The molecule has 15 heavy (non-hydrogen) atoms. The number of aromatic nitrogens is 3. The summed E-state index contributed by atoms with van der Waals surface area (Å²) < 4.78 is 0. The van der Waals surface area contributed by atoms with E-state index in [1.54, 1.807) is 6.92 Å². The number of hydrogen-bond acceptors (Lipinski definition) is 4. The van der Waals surface area contributed by atoms with E-state index in [1.807, 2.05) is 6.07 Å². The minimum absolute atomic E-state index is 0.0618. The minimum Gasteiger partial charge on any atom is -0.310 e. The highest BCUT2D eigenvalue weighted by Crippen LogP contribution is 2.15. The average Bonchev–Trinajstić information content (AvgIpc) is 2.18. The van der Waals surface area contributed by atoms with Gasteiger partial charge in [0.25, 0.3) is 5.56 Å². The third-order valence-corrected chi connectivity index (χ3v) is 2.08. The van der Waals surface area contributed by atoms with Crippen molar-refractivity contribution in [2.75, 3.05) is 0 Å². The molecule has 0 amide bonds. The van der Waals surface area contributed by atoms with Gasteiger partial charge >= 0.3 is 0 Å². The van der Waals surface area contributed by atoms with Crippen molar-refractivity contribution in [1.29, 1.82) is 5.26 Å². The lowest BCUT2D eigenvalue weighted by Gasteiger charge is -2.00. The van der Waals surface area contributed by atoms with E-state index in [2.05, 4.69) is 15.0 Å². The highest BCUT2D eigenvalue weighted by Gasteiger charge is 2.09. The van der Waals surface area contributed by atoms with Crippen LogP contribution in [0, 0.1) is 18.3 Å². The SMILES string of the molecule is Cc1nc2c(C#N)nc(Cl)cc2c(=O)[nH]1. The van der Waals surface area contributed by atoms with Crippen LogP contribution < -0.4 is 5.56 Å². The highest BCUT2D eigenvalue weighted by molar-refractivity contribution is 6.30. The molecular formula is C9H5ClN4O. The number of nitrogens with one attached hydrogen (secondary N) is 1. The van der Waals surface area contributed by atoms with Crippen molar-refractivity contribution in [2.45, 2.75) is 6.92 Å². The van der Waals surface area contributed by atoms with E-state index < -0.39 is 0 Å². The zero-order chi connectivity index (χ0) is 11.0. The Hall–Kier alpha value is -1.93. The Morgan fingerprint density at radius 3 is 2.93 bits per heavy atom. The zero-order valence-electron chi connectivity index (χ0n) is 7.71. The Bertz CT molecular complexity index is 641. The Kier molecular flexibility index (Phi) is 2.14. The molecule has 74 valence electrons. The Labute approximate surface area is 89.4 Å². The third kappa shape index (κ3) is 1.55. The van der Waals surface area contributed by atoms with E-state index in [-0.39, 0.29) is 27.3 Å². The van der Waals surface area contributed by atoms with Crippen LogP contribution in [0.25, 0.3) is 10.9 Å². The van der Waals surface area contributed by atoms with E-state index in [9.17, 15) is 4.79 Å². The fraction of sp³-hybridized carbons (Fsp3) is 0.111. The second-order valence-electron chi connectivity index (χ2n) is 2.95. The topological polar surface area (TPSA) is 82.4 Å². The van der Waals surface area contributed by atoms with Crippen molar-refractivity contribution in [3.8, 4) is 6.07 Å². The van der Waals surface area contributed by atoms with E-state index in [1.165, 1.54) is 6.07 Å². The molecule has 2 aromatic heterocycles. The summed E-state index contributed by atoms with van der Waals surface area (Å²) in [6.45, 7) is 1.64. The summed E-state index contributed by atoms with van der Waals surface area (Å²) in [6.07, 6.45) is 0. The number of fused-ring (bicyclic) bond motifs is 1. The predicted molar refractivity (Wildman–Crippen MR) is 54.6 cm³/mol. The van der Waals surface area contributed by atoms with Gasteiger partial charge in [0.2, 0.25) is 0 Å². The summed E-state index contributed by atoms with van der Waals surface area (Å²) in [6, 6.07) is 3.25. The van der Waals surface area contributed by atoms with Gasteiger partial charge in [0.05, 0.1) is 5.39 Å². The van der Waals surface area contributed by atoms with E-state index >= 15 is 0 Å². The number of nitriles is 1. The number of pyridine rings is 1. The van der Waals surface area contributed by atoms with Gasteiger partial charge in [-0.15, -0.1) is 0 Å². The van der Waals surface area contributed by atoms with Crippen molar-refractivity contribution < 1.29 is 0 Å². The van der Waals surface area contributed by atoms with Gasteiger partial charge in [0.1, 0.15) is 22.6 Å². The molecule has 0 spiro atoms. The number of halogens is 1. The molecule has 0 fully saturated rings. The van der Waals surface area contributed by atoms with Crippen molar-refractivity contribution in [1.82, 2.24) is 15.0 Å². The van der Waals surface area contributed by atoms with Crippen LogP contribution in [0.5, 0.6) is 0 Å². The van der Waals surface area contributed by atoms with E-state index in [0.717, 1.165) is 0 Å². The molecule has 0 aliphatic rings. The molecule has 5 nitrogen and oxygen atoms in total. The van der Waals surface area contributed by atoms with Crippen LogP contribution in [0.4, 0.5) is 0 Å². The Morgan fingerprint density at radius 1 is 1.53 bits per heavy atom. The van der Waals surface area contributed by atoms with Gasteiger partial charge in [-0.25, -0.2) is 9.97 Å². The van der Waals surface area contributed by atoms with Gasteiger partial charge in [0.15, 0.2) is 5.69 Å². The number of hydrogen-bond donors (Lipinski definition) is 1. The van der Waals surface area contributed by atoms with Crippen LogP contribution in [0.1, 0.15) is 11.5 Å². The maximum Gasteiger partial charge on any atom is 0.258 e. The summed E-state index contributed by atoms with van der Waals surface area (Å²) in [4.78, 5) is 21.9. The van der Waals surface area contributed by atoms with Crippen molar-refractivity contribution in [3.05, 3.63) is 33.1 Å². The van der Waals surface area contributed by atoms with Gasteiger partial charge in [0, 0.05) is 0 Å². The molecule has 0 aliphatic heterocycles. The van der Waals surface area contributed by atoms with Crippen LogP contribution in [0.15, 0.2) is 10.9 Å². The number of H-pyrrole nitrogens is 1. The molecule has 0 radical (unpaired) electrons. The van der Waals surface area contributed by atoms with Gasteiger partial charge in [-0.05, 0) is 13.0 Å². The first-order valence-corrected chi connectivity index (χ1v) is 4.47. The molecule has 0 saturated carbocycles. The maximum atomic E-state index is 11.5. The number of nitrogens with zero attached hydrogens (tertiary/aromatic N) is 3. The fourth-order valence-corrected chi connectivity index (χ4v) is 1.49. The molecule has 0 aliphatic carbocycles. The quantitative estimate of drug-likeness (QED) is 0.675. The van der Waals surface area contributed by atoms with Crippen LogP contribution >= 0.6 is 11.6 Å². The van der Waals surface area contributed by atoms with Crippen molar-refractivity contribution in [2.24, 2.45) is 0 Å². The van der Waals surface area contributed by atoms with Gasteiger partial charge < -0.3 is 4.98 Å². The predicted octanol–water partition coefficient (Wildman–Crippen LogP) is 1.15. The molecular weight excluding hydrogens is 216 g/mol. The minimum atomic E-state index is -0.321. The summed E-state index contributed by atoms with van der Waals surface area (Å²) >= 11 is 5.67. The maximum absolute atomic E-state index is 11.5. The Balaban J connectivity index is 3.05. The van der Waals surface area contributed by atoms with Crippen LogP contribution in [0.3, 0.4) is 0 Å². The van der Waals surface area contributed by atoms with Crippen LogP contribution in [-0.2, 0) is 0 Å². The molecule has 0 unspecified atom stereocenters. The number of aryl methyl sites for hydroxylation is 1. The first-order valence-electron chi connectivity index (χ1n) is 4.09. The molecule has 2 rings (SSSR count). The lowest BCUT2D eigenvalue weighted by atomic mass is 10.2. The van der Waals surface area contributed by atoms with Crippen LogP contribution in [0.2, 0.25) is 5.15 Å². The van der Waals surface area contributed by atoms with Gasteiger partial charge in [-0.1, -0.05) is 11.6 Å². The van der Waals surface area contributed by atoms with Crippen molar-refractivity contribution >= 4 is 22.5 Å². The first-order chi connectivity index (χ1) is 7.11. The normalized spacial score (nSPS) is 10.2.